The molecule has 9 nitrogen and oxygen atoms in total. The average molecular weight is 672 g/mol. The molecule has 5 N–H and O–H groups in total. The van der Waals surface area contributed by atoms with Gasteiger partial charge >= 0.3 is 0 Å². The molecule has 1 aromatic heterocycles. The van der Waals surface area contributed by atoms with Crippen molar-refractivity contribution in [2.75, 3.05) is 7.11 Å². The molecule has 43 heavy (non-hydrogen) atoms. The Morgan fingerprint density at radius 3 is 2.28 bits per heavy atom. The molecule has 1 aliphatic rings. The van der Waals surface area contributed by atoms with E-state index in [1.807, 2.05) is 36.4 Å². The first-order chi connectivity index (χ1) is 20.2. The number of carbonyl (C=O) groups is 1. The van der Waals surface area contributed by atoms with Gasteiger partial charge in [0.1, 0.15) is 18.2 Å². The predicted octanol–water partition coefficient (Wildman–Crippen LogP) is 6.30. The van der Waals surface area contributed by atoms with E-state index in [1.54, 1.807) is 6.07 Å². The van der Waals surface area contributed by atoms with Gasteiger partial charge in [-0.3, -0.25) is 4.90 Å². The number of hydrogen-bond acceptors (Lipinski definition) is 8. The number of nitrogens with two attached hydrogens (primary N) is 2. The fourth-order valence-corrected chi connectivity index (χ4v) is 4.30. The number of carbonyl (C=O) groups excluding carboxylic acids is 1. The van der Waals surface area contributed by atoms with Crippen LogP contribution in [0.3, 0.4) is 0 Å². The molecule has 1 saturated carbocycles. The fraction of sp³-hybridized carbons (Fsp3) is 0.438. The maximum absolute atomic E-state index is 14.9. The summed E-state index contributed by atoms with van der Waals surface area (Å²) in [6, 6.07) is 15.8. The summed E-state index contributed by atoms with van der Waals surface area (Å²) >= 11 is 0. The van der Waals surface area contributed by atoms with Crippen LogP contribution in [0.5, 0.6) is 11.6 Å². The zero-order chi connectivity index (χ0) is 31.1. The Kier molecular flexibility index (Phi) is 18.4. The van der Waals surface area contributed by atoms with Gasteiger partial charge < -0.3 is 30.7 Å². The van der Waals surface area contributed by atoms with Crippen LogP contribution in [0.25, 0.3) is 16.6 Å². The van der Waals surface area contributed by atoms with Gasteiger partial charge in [-0.2, -0.15) is 0 Å². The van der Waals surface area contributed by atoms with Crippen molar-refractivity contribution in [1.82, 2.24) is 9.88 Å². The Balaban J connectivity index is 0.00000142. The summed E-state index contributed by atoms with van der Waals surface area (Å²) in [7, 11) is 1.52. The normalized spacial score (nSPS) is 11.5. The molecule has 1 fully saturated rings. The number of nitrogens with zero attached hydrogens (tertiary/aromatic N) is 3. The number of hydrogen-bond donors (Lipinski definition) is 3. The van der Waals surface area contributed by atoms with Crippen molar-refractivity contribution in [3.63, 3.8) is 0 Å². The van der Waals surface area contributed by atoms with Crippen molar-refractivity contribution in [3.05, 3.63) is 82.7 Å². The fourth-order valence-electron chi connectivity index (χ4n) is 4.30. The first-order valence-electron chi connectivity index (χ1n) is 14.2. The topological polar surface area (TPSA) is 138 Å². The molecule has 4 rings (SSSR count). The zero-order valence-electron chi connectivity index (χ0n) is 25.9. The molecule has 0 saturated heterocycles. The van der Waals surface area contributed by atoms with Crippen molar-refractivity contribution in [1.29, 1.82) is 0 Å². The number of aryl methyl sites for hydroxylation is 1. The number of halogens is 1. The van der Waals surface area contributed by atoms with Crippen LogP contribution in [0.4, 0.5) is 4.39 Å². The Labute approximate surface area is 280 Å². The van der Waals surface area contributed by atoms with E-state index < -0.39 is 5.82 Å². The molecule has 11 heteroatoms. The van der Waals surface area contributed by atoms with Gasteiger partial charge in [-0.25, -0.2) is 15.3 Å². The second kappa shape index (κ2) is 20.5. The molecule has 233 valence electrons. The number of rotatable bonds is 12. The molecule has 0 spiro atoms. The summed E-state index contributed by atoms with van der Waals surface area (Å²) in [5, 5.41) is 6.50. The Hall–Kier alpha value is -2.47. The van der Waals surface area contributed by atoms with E-state index in [1.165, 1.54) is 32.6 Å². The van der Waals surface area contributed by atoms with Crippen molar-refractivity contribution in [2.24, 2.45) is 11.7 Å². The van der Waals surface area contributed by atoms with E-state index in [-0.39, 0.29) is 45.0 Å². The van der Waals surface area contributed by atoms with Crippen molar-refractivity contribution in [3.8, 4) is 22.8 Å². The Bertz CT molecular complexity index is 1250. The number of ether oxygens (including phenoxy) is 2. The standard InChI is InChI=1S/C29H37FN4O3.C3H6.H3NO.Y/c1-19(2)34(20(3)4)17-23-13-22(9-11-25(23)26-15-29(36-5)32-16-27(26)30)18-37-24-8-6-7-21(14-24)10-12-28(35)33-31;1-2-3-1;1-2;/h6-9,11,13-16,19-20H,10,12,17-18,31H2,1-5H3,(H,33,35);1-3H2;2H,1H2;/p-1. The van der Waals surface area contributed by atoms with Crippen LogP contribution < -0.4 is 21.2 Å². The summed E-state index contributed by atoms with van der Waals surface area (Å²) in [5.74, 6) is 8.88. The quantitative estimate of drug-likeness (QED) is 0.116. The van der Waals surface area contributed by atoms with Gasteiger partial charge in [-0.15, -0.1) is 0 Å². The molecule has 2 aromatic carbocycles. The summed E-state index contributed by atoms with van der Waals surface area (Å²) in [5.41, 5.74) is 7.37. The van der Waals surface area contributed by atoms with Crippen molar-refractivity contribution >= 4 is 5.91 Å². The number of amides is 1. The third-order valence-electron chi connectivity index (χ3n) is 6.61. The minimum atomic E-state index is -0.399. The monoisotopic (exact) mass is 671 g/mol. The molecule has 0 atom stereocenters. The molecular weight excluding hydrogens is 626 g/mol. The molecule has 3 aromatic rings. The minimum absolute atomic E-state index is 0. The summed E-state index contributed by atoms with van der Waals surface area (Å²) in [6.07, 6.45) is 6.49. The van der Waals surface area contributed by atoms with E-state index in [4.69, 9.17) is 20.5 Å². The molecule has 1 radical (unpaired) electrons. The molecule has 1 amide bonds. The third-order valence-corrected chi connectivity index (χ3v) is 6.61. The summed E-state index contributed by atoms with van der Waals surface area (Å²) in [4.78, 5) is 17.7. The van der Waals surface area contributed by atoms with Gasteiger partial charge in [0, 0.05) is 63.0 Å². The second-order valence-corrected chi connectivity index (χ2v) is 10.6. The molecule has 0 bridgehead atoms. The molecular formula is C32H45FN5O4Y-. The van der Waals surface area contributed by atoms with E-state index in [0.29, 0.717) is 48.8 Å². The summed E-state index contributed by atoms with van der Waals surface area (Å²) < 4.78 is 26.2. The molecule has 1 aliphatic carbocycles. The average Bonchev–Trinajstić information content (AvgIpc) is 3.89. The van der Waals surface area contributed by atoms with E-state index in [9.17, 15) is 9.18 Å². The van der Waals surface area contributed by atoms with E-state index in [0.717, 1.165) is 22.3 Å². The zero-order valence-corrected chi connectivity index (χ0v) is 28.8. The predicted molar refractivity (Wildman–Crippen MR) is 163 cm³/mol. The number of methoxy groups -OCH3 is 1. The molecule has 0 unspecified atom stereocenters. The van der Waals surface area contributed by atoms with Crippen molar-refractivity contribution < 1.29 is 56.6 Å². The van der Waals surface area contributed by atoms with Crippen LogP contribution in [0.1, 0.15) is 70.1 Å². The second-order valence-electron chi connectivity index (χ2n) is 10.6. The first-order valence-corrected chi connectivity index (χ1v) is 14.2. The first kappa shape index (κ1) is 38.6. The Morgan fingerprint density at radius 1 is 1.02 bits per heavy atom. The van der Waals surface area contributed by atoms with Crippen LogP contribution in [-0.2, 0) is 57.1 Å². The third kappa shape index (κ3) is 13.4. The molecule has 1 heterocycles. The van der Waals surface area contributed by atoms with E-state index >= 15 is 0 Å². The van der Waals surface area contributed by atoms with Gasteiger partial charge in [0.2, 0.25) is 5.88 Å². The number of pyridine rings is 1. The van der Waals surface area contributed by atoms with Gasteiger partial charge in [0.25, 0.3) is 0 Å². The number of benzene rings is 2. The minimum Gasteiger partial charge on any atom is -0.594 e. The van der Waals surface area contributed by atoms with Crippen LogP contribution in [0.15, 0.2) is 54.7 Å². The van der Waals surface area contributed by atoms with Crippen LogP contribution in [-0.4, -0.2) is 40.2 Å². The van der Waals surface area contributed by atoms with Gasteiger partial charge in [0.15, 0.2) is 0 Å². The molecule has 0 aliphatic heterocycles. The van der Waals surface area contributed by atoms with Gasteiger partial charge in [0.05, 0.1) is 19.2 Å². The van der Waals surface area contributed by atoms with Crippen LogP contribution >= 0.6 is 0 Å². The Morgan fingerprint density at radius 2 is 1.70 bits per heavy atom. The van der Waals surface area contributed by atoms with Gasteiger partial charge in [-0.1, -0.05) is 49.6 Å². The van der Waals surface area contributed by atoms with Crippen LogP contribution in [0.2, 0.25) is 0 Å². The van der Waals surface area contributed by atoms with Crippen LogP contribution in [0, 0.1) is 5.82 Å². The largest absolute Gasteiger partial charge is 0.594 e. The summed E-state index contributed by atoms with van der Waals surface area (Å²) in [6.45, 7) is 9.63. The maximum Gasteiger partial charge on any atom is 0.213 e. The van der Waals surface area contributed by atoms with Gasteiger partial charge in [-0.05, 0) is 74.9 Å². The smallest absolute Gasteiger partial charge is 0.213 e. The SMILES string of the molecule is C1CC1.COc1cc(-c2ccc(COc3cccc(CCC(=O)[N-]N)c3)cc2CN(C(C)C)C(C)C)c(F)cn1.NO.[Y]. The number of aromatic nitrogens is 1. The van der Waals surface area contributed by atoms with E-state index in [2.05, 4.69) is 55.0 Å². The van der Waals surface area contributed by atoms with Crippen molar-refractivity contribution in [2.45, 2.75) is 85.0 Å². The maximum atomic E-state index is 14.9.